The van der Waals surface area contributed by atoms with E-state index in [0.29, 0.717) is 18.7 Å². The fourth-order valence-corrected chi connectivity index (χ4v) is 4.06. The number of H-pyrrole nitrogens is 1. The van der Waals surface area contributed by atoms with Crippen LogP contribution in [0.15, 0.2) is 34.9 Å². The molecule has 3 rings (SSSR count). The Morgan fingerprint density at radius 3 is 2.60 bits per heavy atom. The number of aliphatic hydroxyl groups excluding tert-OH is 1. The molecule has 8 heteroatoms. The van der Waals surface area contributed by atoms with Crippen LogP contribution in [0, 0.1) is 5.41 Å². The lowest BCUT2D eigenvalue weighted by molar-refractivity contribution is -0.140. The number of nitrogens with one attached hydrogen (secondary N) is 2. The van der Waals surface area contributed by atoms with Crippen LogP contribution in [-0.4, -0.2) is 50.5 Å². The minimum Gasteiger partial charge on any atom is -0.391 e. The number of aliphatic hydroxyl groups is 1. The topological polar surface area (TPSA) is 98.3 Å². The van der Waals surface area contributed by atoms with Gasteiger partial charge in [-0.05, 0) is 23.1 Å². The van der Waals surface area contributed by atoms with E-state index in [1.165, 1.54) is 6.92 Å². The number of aromatic amines is 1. The third-order valence-corrected chi connectivity index (χ3v) is 5.82. The van der Waals surface area contributed by atoms with E-state index in [-0.39, 0.29) is 24.4 Å². The number of carbonyl (C=O) groups excluding carboxylic acids is 2. The molecule has 0 spiro atoms. The van der Waals surface area contributed by atoms with Crippen LogP contribution < -0.4 is 5.32 Å². The van der Waals surface area contributed by atoms with Crippen LogP contribution in [0.5, 0.6) is 0 Å². The summed E-state index contributed by atoms with van der Waals surface area (Å²) in [5.41, 5.74) is 1.62. The Morgan fingerprint density at radius 1 is 1.33 bits per heavy atom. The van der Waals surface area contributed by atoms with Gasteiger partial charge in [0.05, 0.1) is 12.1 Å². The van der Waals surface area contributed by atoms with Crippen molar-refractivity contribution in [3.05, 3.63) is 52.0 Å². The van der Waals surface area contributed by atoms with Crippen molar-refractivity contribution in [3.63, 3.8) is 0 Å². The molecule has 1 aliphatic rings. The third kappa shape index (κ3) is 5.29. The quantitative estimate of drug-likeness (QED) is 0.617. The number of halogens is 1. The summed E-state index contributed by atoms with van der Waals surface area (Å²) in [6.45, 7) is 7.37. The van der Waals surface area contributed by atoms with Gasteiger partial charge in [0.15, 0.2) is 0 Å². The molecule has 7 nitrogen and oxygen atoms in total. The van der Waals surface area contributed by atoms with Crippen molar-refractivity contribution in [3.8, 4) is 0 Å². The van der Waals surface area contributed by atoms with Crippen LogP contribution in [0.2, 0.25) is 0 Å². The van der Waals surface area contributed by atoms with E-state index in [9.17, 15) is 14.7 Å². The number of hydrogen-bond donors (Lipinski definition) is 3. The maximum Gasteiger partial charge on any atom is 0.246 e. The van der Waals surface area contributed by atoms with Gasteiger partial charge in [-0.2, -0.15) is 0 Å². The molecule has 0 saturated carbocycles. The van der Waals surface area contributed by atoms with Gasteiger partial charge in [0.1, 0.15) is 11.9 Å². The van der Waals surface area contributed by atoms with Crippen LogP contribution in [0.3, 0.4) is 0 Å². The Kier molecular flexibility index (Phi) is 6.67. The molecule has 1 aliphatic heterocycles. The molecule has 162 valence electrons. The summed E-state index contributed by atoms with van der Waals surface area (Å²) in [5.74, 6) is 0.196. The van der Waals surface area contributed by atoms with Gasteiger partial charge in [-0.1, -0.05) is 48.8 Å². The first kappa shape index (κ1) is 22.5. The number of hydrogen-bond acceptors (Lipinski definition) is 4. The van der Waals surface area contributed by atoms with Gasteiger partial charge in [0.25, 0.3) is 0 Å². The molecule has 0 aliphatic carbocycles. The van der Waals surface area contributed by atoms with E-state index in [2.05, 4.69) is 31.2 Å². The monoisotopic (exact) mass is 476 g/mol. The smallest absolute Gasteiger partial charge is 0.246 e. The number of rotatable bonds is 5. The van der Waals surface area contributed by atoms with Gasteiger partial charge in [0, 0.05) is 42.7 Å². The van der Waals surface area contributed by atoms with Crippen molar-refractivity contribution in [1.82, 2.24) is 20.2 Å². The minimum absolute atomic E-state index is 0.204. The average molecular weight is 477 g/mol. The van der Waals surface area contributed by atoms with E-state index in [0.717, 1.165) is 15.7 Å². The number of aromatic nitrogens is 2. The number of likely N-dealkylation sites (tertiary alicyclic amines) is 1. The number of amides is 2. The number of benzene rings is 1. The van der Waals surface area contributed by atoms with Crippen molar-refractivity contribution in [2.45, 2.75) is 58.7 Å². The van der Waals surface area contributed by atoms with E-state index in [1.54, 1.807) is 11.1 Å². The second-order valence-electron chi connectivity index (χ2n) is 8.99. The zero-order valence-corrected chi connectivity index (χ0v) is 19.4. The molecule has 30 heavy (non-hydrogen) atoms. The lowest BCUT2D eigenvalue weighted by Crippen LogP contribution is -2.54. The lowest BCUT2D eigenvalue weighted by atomic mass is 9.85. The maximum atomic E-state index is 13.3. The second kappa shape index (κ2) is 8.89. The molecule has 1 fully saturated rings. The molecule has 1 aromatic heterocycles. The Balaban J connectivity index is 1.80. The molecule has 2 heterocycles. The molecule has 2 amide bonds. The van der Waals surface area contributed by atoms with Gasteiger partial charge < -0.3 is 20.3 Å². The van der Waals surface area contributed by atoms with Gasteiger partial charge in [0.2, 0.25) is 11.8 Å². The fraction of sp³-hybridized carbons (Fsp3) is 0.500. The van der Waals surface area contributed by atoms with Crippen molar-refractivity contribution >= 4 is 27.7 Å². The highest BCUT2D eigenvalue weighted by Crippen LogP contribution is 2.33. The van der Waals surface area contributed by atoms with Crippen LogP contribution in [0.4, 0.5) is 0 Å². The SMILES string of the molecule is CC(=O)N[C@H](C(=O)N1C[C@H](O)C[C@H]1c1ncc(Cc2ccc(Br)cc2)[nH]1)C(C)(C)C. The number of β-amino-alcohol motifs (C(OH)–C–C–N with tert-alkyl or cyclic N) is 1. The zero-order valence-electron chi connectivity index (χ0n) is 17.8. The molecule has 0 unspecified atom stereocenters. The molecule has 1 aromatic carbocycles. The van der Waals surface area contributed by atoms with E-state index < -0.39 is 17.6 Å². The normalized spacial score (nSPS) is 20.3. The highest BCUT2D eigenvalue weighted by molar-refractivity contribution is 9.10. The maximum absolute atomic E-state index is 13.3. The van der Waals surface area contributed by atoms with E-state index >= 15 is 0 Å². The minimum atomic E-state index is -0.681. The molecular formula is C22H29BrN4O3. The summed E-state index contributed by atoms with van der Waals surface area (Å²) < 4.78 is 1.03. The average Bonchev–Trinajstić information content (AvgIpc) is 3.26. The Bertz CT molecular complexity index is 904. The van der Waals surface area contributed by atoms with Gasteiger partial charge in [-0.3, -0.25) is 9.59 Å². The standard InChI is InChI=1S/C22H29BrN4O3/c1-13(28)25-19(22(2,3)4)21(30)27-12-17(29)10-18(27)20-24-11-16(26-20)9-14-5-7-15(23)8-6-14/h5-8,11,17-19,29H,9-10,12H2,1-4H3,(H,24,26)(H,25,28)/t17-,18+,19-/m1/s1. The predicted molar refractivity (Wildman–Crippen MR) is 118 cm³/mol. The Hall–Kier alpha value is -2.19. The Morgan fingerprint density at radius 2 is 2.00 bits per heavy atom. The summed E-state index contributed by atoms with van der Waals surface area (Å²) in [6, 6.07) is 7.04. The third-order valence-electron chi connectivity index (χ3n) is 5.29. The van der Waals surface area contributed by atoms with Crippen LogP contribution in [-0.2, 0) is 16.0 Å². The van der Waals surface area contributed by atoms with Crippen molar-refractivity contribution < 1.29 is 14.7 Å². The van der Waals surface area contributed by atoms with Gasteiger partial charge >= 0.3 is 0 Å². The fourth-order valence-electron chi connectivity index (χ4n) is 3.79. The summed E-state index contributed by atoms with van der Waals surface area (Å²) in [4.78, 5) is 34.5. The Labute approximate surface area is 185 Å². The van der Waals surface area contributed by atoms with E-state index in [1.807, 2.05) is 45.0 Å². The molecule has 1 saturated heterocycles. The first-order chi connectivity index (χ1) is 14.0. The summed E-state index contributed by atoms with van der Waals surface area (Å²) >= 11 is 3.44. The number of imidazole rings is 1. The molecule has 0 radical (unpaired) electrons. The molecule has 2 aromatic rings. The molecule has 3 atom stereocenters. The van der Waals surface area contributed by atoms with Crippen molar-refractivity contribution in [1.29, 1.82) is 0 Å². The van der Waals surface area contributed by atoms with Crippen molar-refractivity contribution in [2.24, 2.45) is 5.41 Å². The highest BCUT2D eigenvalue weighted by atomic mass is 79.9. The molecular weight excluding hydrogens is 448 g/mol. The van der Waals surface area contributed by atoms with Gasteiger partial charge in [-0.15, -0.1) is 0 Å². The summed E-state index contributed by atoms with van der Waals surface area (Å²) in [6.07, 6.45) is 2.25. The first-order valence-electron chi connectivity index (χ1n) is 10.1. The van der Waals surface area contributed by atoms with Crippen molar-refractivity contribution in [2.75, 3.05) is 6.54 Å². The van der Waals surface area contributed by atoms with Crippen LogP contribution in [0.25, 0.3) is 0 Å². The van der Waals surface area contributed by atoms with Gasteiger partial charge in [-0.25, -0.2) is 4.98 Å². The summed E-state index contributed by atoms with van der Waals surface area (Å²) in [7, 11) is 0. The molecule has 3 N–H and O–H groups in total. The lowest BCUT2D eigenvalue weighted by Gasteiger charge is -2.35. The predicted octanol–water partition coefficient (Wildman–Crippen LogP) is 2.95. The number of nitrogens with zero attached hydrogens (tertiary/aromatic N) is 2. The second-order valence-corrected chi connectivity index (χ2v) is 9.91. The first-order valence-corrected chi connectivity index (χ1v) is 10.9. The molecule has 0 bridgehead atoms. The van der Waals surface area contributed by atoms with E-state index in [4.69, 9.17) is 0 Å². The number of carbonyl (C=O) groups is 2. The summed E-state index contributed by atoms with van der Waals surface area (Å²) in [5, 5.41) is 13.1. The van der Waals surface area contributed by atoms with Crippen LogP contribution in [0.1, 0.15) is 57.2 Å². The zero-order chi connectivity index (χ0) is 22.1. The van der Waals surface area contributed by atoms with Crippen LogP contribution >= 0.6 is 15.9 Å². The largest absolute Gasteiger partial charge is 0.391 e. The highest BCUT2D eigenvalue weighted by Gasteiger charge is 2.43.